The quantitative estimate of drug-likeness (QED) is 0.693. The van der Waals surface area contributed by atoms with Gasteiger partial charge in [-0.25, -0.2) is 0 Å². The van der Waals surface area contributed by atoms with E-state index in [2.05, 4.69) is 32.8 Å². The normalized spacial score (nSPS) is 12.0. The van der Waals surface area contributed by atoms with Crippen LogP contribution in [0.3, 0.4) is 0 Å². The molecule has 2 N–H and O–H groups in total. The van der Waals surface area contributed by atoms with Crippen molar-refractivity contribution in [1.82, 2.24) is 9.78 Å². The van der Waals surface area contributed by atoms with Crippen LogP contribution >= 0.6 is 0 Å². The van der Waals surface area contributed by atoms with Crippen molar-refractivity contribution in [1.29, 1.82) is 0 Å². The van der Waals surface area contributed by atoms with Gasteiger partial charge in [0.25, 0.3) is 0 Å². The number of aryl methyl sites for hydroxylation is 1. The lowest BCUT2D eigenvalue weighted by atomic mass is 9.92. The summed E-state index contributed by atoms with van der Waals surface area (Å²) in [4.78, 5) is 0. The zero-order valence-electron chi connectivity index (χ0n) is 8.26. The summed E-state index contributed by atoms with van der Waals surface area (Å²) >= 11 is 0. The molecule has 0 aliphatic rings. The first-order valence-electron chi connectivity index (χ1n) is 4.29. The molecular formula is C9H17N3. The van der Waals surface area contributed by atoms with E-state index in [4.69, 9.17) is 5.73 Å². The summed E-state index contributed by atoms with van der Waals surface area (Å²) in [5.74, 6) is 0.613. The highest BCUT2D eigenvalue weighted by Crippen LogP contribution is 2.23. The van der Waals surface area contributed by atoms with E-state index in [1.165, 1.54) is 5.69 Å². The summed E-state index contributed by atoms with van der Waals surface area (Å²) in [5, 5.41) is 4.19. The smallest absolute Gasteiger partial charge is 0.145 e. The Hall–Kier alpha value is -0.990. The maximum absolute atomic E-state index is 5.62. The molecule has 0 saturated carbocycles. The predicted octanol–water partition coefficient (Wildman–Crippen LogP) is 1.78. The molecule has 3 heteroatoms. The molecular weight excluding hydrogens is 150 g/mol. The highest BCUT2D eigenvalue weighted by atomic mass is 15.3. The average Bonchev–Trinajstić information content (AvgIpc) is 2.29. The zero-order valence-corrected chi connectivity index (χ0v) is 8.26. The molecule has 0 atom stereocenters. The van der Waals surface area contributed by atoms with E-state index in [9.17, 15) is 0 Å². The van der Waals surface area contributed by atoms with Crippen molar-refractivity contribution in [3.05, 3.63) is 11.8 Å². The minimum absolute atomic E-state index is 0.126. The zero-order chi connectivity index (χ0) is 9.35. The maximum Gasteiger partial charge on any atom is 0.145 e. The standard InChI is InChI=1S/C9H17N3/c1-5-12-7(9(2,3)4)6-8(10)11-12/h6H,5H2,1-4H3,(H2,10,11). The minimum atomic E-state index is 0.126. The van der Waals surface area contributed by atoms with Crippen LogP contribution in [0.15, 0.2) is 6.07 Å². The SMILES string of the molecule is CCn1nc(N)cc1C(C)(C)C. The maximum atomic E-state index is 5.62. The fourth-order valence-electron chi connectivity index (χ4n) is 1.28. The molecule has 0 amide bonds. The van der Waals surface area contributed by atoms with Gasteiger partial charge in [0, 0.05) is 23.7 Å². The highest BCUT2D eigenvalue weighted by molar-refractivity contribution is 5.32. The minimum Gasteiger partial charge on any atom is -0.382 e. The van der Waals surface area contributed by atoms with E-state index >= 15 is 0 Å². The van der Waals surface area contributed by atoms with Crippen molar-refractivity contribution in [2.24, 2.45) is 0 Å². The van der Waals surface area contributed by atoms with E-state index in [0.29, 0.717) is 5.82 Å². The van der Waals surface area contributed by atoms with E-state index in [1.807, 2.05) is 10.7 Å². The fraction of sp³-hybridized carbons (Fsp3) is 0.667. The Morgan fingerprint density at radius 1 is 1.50 bits per heavy atom. The third-order valence-electron chi connectivity index (χ3n) is 1.87. The molecule has 0 aliphatic heterocycles. The van der Waals surface area contributed by atoms with Crippen molar-refractivity contribution in [3.8, 4) is 0 Å². The van der Waals surface area contributed by atoms with Gasteiger partial charge in [0.15, 0.2) is 0 Å². The van der Waals surface area contributed by atoms with Gasteiger partial charge >= 0.3 is 0 Å². The largest absolute Gasteiger partial charge is 0.382 e. The molecule has 1 aromatic heterocycles. The summed E-state index contributed by atoms with van der Waals surface area (Å²) in [6.07, 6.45) is 0. The Balaban J connectivity index is 3.13. The number of hydrogen-bond donors (Lipinski definition) is 1. The molecule has 1 rings (SSSR count). The first-order chi connectivity index (χ1) is 5.45. The second-order valence-corrected chi connectivity index (χ2v) is 4.02. The number of hydrogen-bond acceptors (Lipinski definition) is 2. The lowest BCUT2D eigenvalue weighted by Crippen LogP contribution is -2.17. The van der Waals surface area contributed by atoms with Gasteiger partial charge in [0.05, 0.1) is 0 Å². The van der Waals surface area contributed by atoms with Crippen LogP contribution in [0, 0.1) is 0 Å². The van der Waals surface area contributed by atoms with E-state index in [-0.39, 0.29) is 5.41 Å². The van der Waals surface area contributed by atoms with Gasteiger partial charge < -0.3 is 5.73 Å². The number of nitrogens with zero attached hydrogens (tertiary/aromatic N) is 2. The Labute approximate surface area is 73.6 Å². The summed E-state index contributed by atoms with van der Waals surface area (Å²) in [5.41, 5.74) is 6.94. The number of anilines is 1. The van der Waals surface area contributed by atoms with Crippen LogP contribution < -0.4 is 5.73 Å². The second kappa shape index (κ2) is 2.81. The van der Waals surface area contributed by atoms with Crippen molar-refractivity contribution in [3.63, 3.8) is 0 Å². The van der Waals surface area contributed by atoms with Gasteiger partial charge in [-0.05, 0) is 6.92 Å². The molecule has 0 radical (unpaired) electrons. The molecule has 0 aromatic carbocycles. The highest BCUT2D eigenvalue weighted by Gasteiger charge is 2.19. The number of aromatic nitrogens is 2. The molecule has 0 fully saturated rings. The van der Waals surface area contributed by atoms with Crippen LogP contribution in [0.1, 0.15) is 33.4 Å². The summed E-state index contributed by atoms with van der Waals surface area (Å²) < 4.78 is 1.95. The van der Waals surface area contributed by atoms with Crippen molar-refractivity contribution in [2.75, 3.05) is 5.73 Å². The van der Waals surface area contributed by atoms with Gasteiger partial charge in [0.1, 0.15) is 5.82 Å². The molecule has 1 aromatic rings. The topological polar surface area (TPSA) is 43.8 Å². The lowest BCUT2D eigenvalue weighted by molar-refractivity contribution is 0.498. The van der Waals surface area contributed by atoms with Gasteiger partial charge in [-0.3, -0.25) is 4.68 Å². The average molecular weight is 167 g/mol. The summed E-state index contributed by atoms with van der Waals surface area (Å²) in [6, 6.07) is 1.95. The number of nitrogen functional groups attached to an aromatic ring is 1. The van der Waals surface area contributed by atoms with Gasteiger partial charge in [-0.1, -0.05) is 20.8 Å². The van der Waals surface area contributed by atoms with Crippen LogP contribution in [0.5, 0.6) is 0 Å². The monoisotopic (exact) mass is 167 g/mol. The summed E-state index contributed by atoms with van der Waals surface area (Å²) in [7, 11) is 0. The number of rotatable bonds is 1. The third kappa shape index (κ3) is 1.60. The Bertz CT molecular complexity index is 268. The Morgan fingerprint density at radius 2 is 2.08 bits per heavy atom. The molecule has 0 saturated heterocycles. The lowest BCUT2D eigenvalue weighted by Gasteiger charge is -2.19. The van der Waals surface area contributed by atoms with Gasteiger partial charge in [-0.15, -0.1) is 0 Å². The predicted molar refractivity (Wildman–Crippen MR) is 51.0 cm³/mol. The molecule has 3 nitrogen and oxygen atoms in total. The molecule has 0 unspecified atom stereocenters. The van der Waals surface area contributed by atoms with Crippen LogP contribution in [0.2, 0.25) is 0 Å². The van der Waals surface area contributed by atoms with E-state index in [0.717, 1.165) is 6.54 Å². The third-order valence-corrected chi connectivity index (χ3v) is 1.87. The Morgan fingerprint density at radius 3 is 2.42 bits per heavy atom. The first kappa shape index (κ1) is 9.10. The molecule has 0 bridgehead atoms. The van der Waals surface area contributed by atoms with Crippen LogP contribution in [-0.4, -0.2) is 9.78 Å². The van der Waals surface area contributed by atoms with Crippen molar-refractivity contribution in [2.45, 2.75) is 39.7 Å². The first-order valence-corrected chi connectivity index (χ1v) is 4.29. The Kier molecular flexibility index (Phi) is 2.13. The van der Waals surface area contributed by atoms with Crippen LogP contribution in [0.4, 0.5) is 5.82 Å². The molecule has 0 aliphatic carbocycles. The van der Waals surface area contributed by atoms with E-state index < -0.39 is 0 Å². The summed E-state index contributed by atoms with van der Waals surface area (Å²) in [6.45, 7) is 9.44. The molecule has 0 spiro atoms. The fourth-order valence-corrected chi connectivity index (χ4v) is 1.28. The van der Waals surface area contributed by atoms with Crippen molar-refractivity contribution < 1.29 is 0 Å². The van der Waals surface area contributed by atoms with Gasteiger partial charge in [0.2, 0.25) is 0 Å². The molecule has 12 heavy (non-hydrogen) atoms. The molecule has 1 heterocycles. The van der Waals surface area contributed by atoms with Crippen molar-refractivity contribution >= 4 is 5.82 Å². The van der Waals surface area contributed by atoms with Crippen LogP contribution in [0.25, 0.3) is 0 Å². The van der Waals surface area contributed by atoms with Gasteiger partial charge in [-0.2, -0.15) is 5.10 Å². The molecule has 68 valence electrons. The second-order valence-electron chi connectivity index (χ2n) is 4.02. The van der Waals surface area contributed by atoms with E-state index in [1.54, 1.807) is 0 Å². The van der Waals surface area contributed by atoms with Crippen LogP contribution in [-0.2, 0) is 12.0 Å². The number of nitrogens with two attached hydrogens (primary N) is 1.